The number of nitrogens with one attached hydrogen (secondary N) is 1. The Bertz CT molecular complexity index is 499. The van der Waals surface area contributed by atoms with Crippen molar-refractivity contribution in [1.82, 2.24) is 24.6 Å². The Kier molecular flexibility index (Phi) is 4.74. The van der Waals surface area contributed by atoms with E-state index in [2.05, 4.69) is 39.9 Å². The van der Waals surface area contributed by atoms with Gasteiger partial charge in [-0.25, -0.2) is 4.98 Å². The first-order chi connectivity index (χ1) is 9.26. The Morgan fingerprint density at radius 1 is 1.26 bits per heavy atom. The Hall–Kier alpha value is -1.62. The number of imidazole rings is 1. The molecule has 0 saturated carbocycles. The zero-order chi connectivity index (χ0) is 13.7. The van der Waals surface area contributed by atoms with E-state index < -0.39 is 0 Å². The minimum absolute atomic E-state index is 0.0719. The molecule has 0 aromatic carbocycles. The molecule has 1 unspecified atom stereocenters. The van der Waals surface area contributed by atoms with Crippen molar-refractivity contribution in [3.05, 3.63) is 36.2 Å². The molecule has 0 bridgehead atoms. The van der Waals surface area contributed by atoms with E-state index in [4.69, 9.17) is 0 Å². The van der Waals surface area contributed by atoms with Gasteiger partial charge in [-0.1, -0.05) is 13.8 Å². The summed E-state index contributed by atoms with van der Waals surface area (Å²) >= 11 is 0. The fourth-order valence-corrected chi connectivity index (χ4v) is 2.21. The zero-order valence-corrected chi connectivity index (χ0v) is 12.0. The summed E-state index contributed by atoms with van der Waals surface area (Å²) in [7, 11) is 1.94. The Morgan fingerprint density at radius 2 is 2.11 bits per heavy atom. The van der Waals surface area contributed by atoms with Gasteiger partial charge in [-0.3, -0.25) is 4.68 Å². The van der Waals surface area contributed by atoms with Gasteiger partial charge in [-0.05, 0) is 25.5 Å². The van der Waals surface area contributed by atoms with E-state index in [0.29, 0.717) is 0 Å². The van der Waals surface area contributed by atoms with Gasteiger partial charge < -0.3 is 9.88 Å². The quantitative estimate of drug-likeness (QED) is 0.830. The first-order valence-corrected chi connectivity index (χ1v) is 7.00. The second-order valence-electron chi connectivity index (χ2n) is 4.78. The number of aromatic nitrogens is 4. The van der Waals surface area contributed by atoms with E-state index in [9.17, 15) is 0 Å². The molecular weight excluding hydrogens is 238 g/mol. The predicted molar refractivity (Wildman–Crippen MR) is 75.9 cm³/mol. The highest BCUT2D eigenvalue weighted by molar-refractivity contribution is 5.16. The van der Waals surface area contributed by atoms with Crippen LogP contribution in [-0.2, 0) is 13.6 Å². The molecule has 5 heteroatoms. The van der Waals surface area contributed by atoms with Crippen molar-refractivity contribution in [1.29, 1.82) is 0 Å². The van der Waals surface area contributed by atoms with E-state index in [1.54, 1.807) is 0 Å². The molecule has 5 nitrogen and oxygen atoms in total. The molecule has 2 aromatic heterocycles. The maximum Gasteiger partial charge on any atom is 0.132 e. The van der Waals surface area contributed by atoms with Gasteiger partial charge in [0.1, 0.15) is 11.9 Å². The lowest BCUT2D eigenvalue weighted by molar-refractivity contribution is 0.516. The van der Waals surface area contributed by atoms with Gasteiger partial charge in [0.05, 0.1) is 5.69 Å². The molecule has 0 spiro atoms. The van der Waals surface area contributed by atoms with Gasteiger partial charge in [-0.15, -0.1) is 0 Å². The van der Waals surface area contributed by atoms with Crippen molar-refractivity contribution in [2.75, 3.05) is 6.54 Å². The first-order valence-electron chi connectivity index (χ1n) is 7.00. The van der Waals surface area contributed by atoms with Crippen LogP contribution in [0.2, 0.25) is 0 Å². The molecule has 2 aromatic rings. The smallest absolute Gasteiger partial charge is 0.132 e. The maximum absolute atomic E-state index is 4.52. The van der Waals surface area contributed by atoms with Crippen molar-refractivity contribution in [3.63, 3.8) is 0 Å². The van der Waals surface area contributed by atoms with Gasteiger partial charge in [0, 0.05) is 32.2 Å². The molecule has 0 aliphatic carbocycles. The average molecular weight is 261 g/mol. The van der Waals surface area contributed by atoms with E-state index in [0.717, 1.165) is 37.4 Å². The maximum atomic E-state index is 4.52. The highest BCUT2D eigenvalue weighted by atomic mass is 15.3. The predicted octanol–water partition coefficient (Wildman–Crippen LogP) is 2.12. The molecular formula is C14H23N5. The number of hydrogen-bond acceptors (Lipinski definition) is 3. The van der Waals surface area contributed by atoms with E-state index in [1.807, 2.05) is 30.3 Å². The molecule has 0 aliphatic heterocycles. The Balaban J connectivity index is 2.28. The summed E-state index contributed by atoms with van der Waals surface area (Å²) in [6.45, 7) is 6.30. The van der Waals surface area contributed by atoms with Crippen LogP contribution in [0.25, 0.3) is 0 Å². The largest absolute Gasteiger partial charge is 0.333 e. The zero-order valence-electron chi connectivity index (χ0n) is 12.0. The third-order valence-electron chi connectivity index (χ3n) is 3.10. The van der Waals surface area contributed by atoms with Crippen LogP contribution in [0.15, 0.2) is 24.7 Å². The minimum atomic E-state index is 0.0719. The van der Waals surface area contributed by atoms with Gasteiger partial charge >= 0.3 is 0 Å². The standard InChI is InChI=1S/C14H23N5/c1-4-7-15-13(12-6-10-18(3)17-12)14-16-8-11-19(14)9-5-2/h6,8,10-11,13,15H,4-5,7,9H2,1-3H3. The van der Waals surface area contributed by atoms with Crippen LogP contribution in [0.5, 0.6) is 0 Å². The van der Waals surface area contributed by atoms with Crippen LogP contribution in [0.3, 0.4) is 0 Å². The second-order valence-corrected chi connectivity index (χ2v) is 4.78. The van der Waals surface area contributed by atoms with Gasteiger partial charge in [0.2, 0.25) is 0 Å². The molecule has 0 saturated heterocycles. The lowest BCUT2D eigenvalue weighted by atomic mass is 10.2. The SMILES string of the molecule is CCCNC(c1ccn(C)n1)c1nccn1CCC. The number of hydrogen-bond donors (Lipinski definition) is 1. The monoisotopic (exact) mass is 261 g/mol. The third kappa shape index (κ3) is 3.23. The summed E-state index contributed by atoms with van der Waals surface area (Å²) in [5.74, 6) is 1.05. The number of aryl methyl sites for hydroxylation is 2. The molecule has 2 heterocycles. The molecule has 0 radical (unpaired) electrons. The molecule has 0 amide bonds. The lowest BCUT2D eigenvalue weighted by Crippen LogP contribution is -2.26. The van der Waals surface area contributed by atoms with Crippen molar-refractivity contribution in [2.24, 2.45) is 7.05 Å². The summed E-state index contributed by atoms with van der Waals surface area (Å²) in [6.07, 6.45) is 8.09. The van der Waals surface area contributed by atoms with Crippen LogP contribution in [0.4, 0.5) is 0 Å². The van der Waals surface area contributed by atoms with Crippen LogP contribution in [0, 0.1) is 0 Å². The molecule has 0 fully saturated rings. The molecule has 1 atom stereocenters. The second kappa shape index (κ2) is 6.52. The van der Waals surface area contributed by atoms with Crippen molar-refractivity contribution >= 4 is 0 Å². The van der Waals surface area contributed by atoms with Crippen molar-refractivity contribution in [3.8, 4) is 0 Å². The Morgan fingerprint density at radius 3 is 2.74 bits per heavy atom. The van der Waals surface area contributed by atoms with Crippen LogP contribution in [0.1, 0.15) is 44.2 Å². The summed E-state index contributed by atoms with van der Waals surface area (Å²) in [5, 5.41) is 8.06. The van der Waals surface area contributed by atoms with Crippen LogP contribution < -0.4 is 5.32 Å². The van der Waals surface area contributed by atoms with Crippen molar-refractivity contribution in [2.45, 2.75) is 39.3 Å². The number of rotatable bonds is 7. The first kappa shape index (κ1) is 13.8. The van der Waals surface area contributed by atoms with Gasteiger partial charge in [0.25, 0.3) is 0 Å². The number of nitrogens with zero attached hydrogens (tertiary/aromatic N) is 4. The summed E-state index contributed by atoms with van der Waals surface area (Å²) in [6, 6.07) is 2.13. The molecule has 19 heavy (non-hydrogen) atoms. The van der Waals surface area contributed by atoms with E-state index in [-0.39, 0.29) is 6.04 Å². The molecule has 104 valence electrons. The van der Waals surface area contributed by atoms with E-state index in [1.165, 1.54) is 0 Å². The fourth-order valence-electron chi connectivity index (χ4n) is 2.21. The van der Waals surface area contributed by atoms with Crippen LogP contribution >= 0.6 is 0 Å². The van der Waals surface area contributed by atoms with Gasteiger partial charge in [-0.2, -0.15) is 5.10 Å². The Labute approximate surface area is 114 Å². The van der Waals surface area contributed by atoms with Crippen molar-refractivity contribution < 1.29 is 0 Å². The van der Waals surface area contributed by atoms with E-state index >= 15 is 0 Å². The molecule has 2 rings (SSSR count). The molecule has 1 N–H and O–H groups in total. The summed E-state index contributed by atoms with van der Waals surface area (Å²) in [5.41, 5.74) is 1.03. The molecule has 0 aliphatic rings. The topological polar surface area (TPSA) is 47.7 Å². The lowest BCUT2D eigenvalue weighted by Gasteiger charge is -2.17. The summed E-state index contributed by atoms with van der Waals surface area (Å²) in [4.78, 5) is 4.52. The highest BCUT2D eigenvalue weighted by Crippen LogP contribution is 2.19. The average Bonchev–Trinajstić information content (AvgIpc) is 3.01. The fraction of sp³-hybridized carbons (Fsp3) is 0.571. The summed E-state index contributed by atoms with van der Waals surface area (Å²) < 4.78 is 4.05. The minimum Gasteiger partial charge on any atom is -0.333 e. The van der Waals surface area contributed by atoms with Gasteiger partial charge in [0.15, 0.2) is 0 Å². The third-order valence-corrected chi connectivity index (χ3v) is 3.10. The highest BCUT2D eigenvalue weighted by Gasteiger charge is 2.20. The van der Waals surface area contributed by atoms with Crippen LogP contribution in [-0.4, -0.2) is 25.9 Å². The normalized spacial score (nSPS) is 12.8.